The first-order chi connectivity index (χ1) is 9.13. The molecule has 1 amide bonds. The highest BCUT2D eigenvalue weighted by Gasteiger charge is 2.20. The minimum absolute atomic E-state index is 0.113. The summed E-state index contributed by atoms with van der Waals surface area (Å²) < 4.78 is 23.3. The van der Waals surface area contributed by atoms with Gasteiger partial charge in [0.05, 0.1) is 6.10 Å². The molecular weight excluding hydrogens is 251 g/mol. The highest BCUT2D eigenvalue weighted by Crippen LogP contribution is 2.09. The van der Waals surface area contributed by atoms with Gasteiger partial charge in [0.1, 0.15) is 18.5 Å². The topological polar surface area (TPSA) is 59.6 Å². The molecule has 2 N–H and O–H groups in total. The average molecular weight is 268 g/mol. The summed E-state index contributed by atoms with van der Waals surface area (Å²) in [6, 6.07) is 5.48. The number of hydrogen-bond donors (Lipinski definition) is 2. The van der Waals surface area contributed by atoms with Gasteiger partial charge in [-0.2, -0.15) is 0 Å². The van der Waals surface area contributed by atoms with Crippen molar-refractivity contribution in [3.63, 3.8) is 0 Å². The standard InChI is InChI=1S/C13H17FN2O3/c1-9-6-15-7-12(19-9)8-18-13(17)16-11-4-2-10(14)3-5-11/h2-5,9,12,15H,6-8H2,1H3,(H,16,17). The van der Waals surface area contributed by atoms with E-state index in [4.69, 9.17) is 9.47 Å². The Kier molecular flexibility index (Phi) is 4.70. The van der Waals surface area contributed by atoms with Crippen LogP contribution in [0.1, 0.15) is 6.92 Å². The van der Waals surface area contributed by atoms with Crippen LogP contribution in [0.25, 0.3) is 0 Å². The maximum atomic E-state index is 12.7. The lowest BCUT2D eigenvalue weighted by molar-refractivity contribution is -0.0533. The molecule has 1 aromatic rings. The molecule has 0 radical (unpaired) electrons. The van der Waals surface area contributed by atoms with Crippen LogP contribution in [-0.4, -0.2) is 38.0 Å². The molecule has 0 spiro atoms. The monoisotopic (exact) mass is 268 g/mol. The van der Waals surface area contributed by atoms with Crippen molar-refractivity contribution in [1.29, 1.82) is 0 Å². The second-order valence-corrected chi connectivity index (χ2v) is 4.46. The maximum absolute atomic E-state index is 12.7. The molecule has 1 saturated heterocycles. The summed E-state index contributed by atoms with van der Waals surface area (Å²) in [6.45, 7) is 3.61. The third kappa shape index (κ3) is 4.50. The van der Waals surface area contributed by atoms with E-state index in [2.05, 4.69) is 10.6 Å². The number of anilines is 1. The summed E-state index contributed by atoms with van der Waals surface area (Å²) in [5.74, 6) is -0.352. The van der Waals surface area contributed by atoms with Gasteiger partial charge in [-0.3, -0.25) is 5.32 Å². The van der Waals surface area contributed by atoms with Crippen molar-refractivity contribution in [1.82, 2.24) is 5.32 Å². The molecule has 2 atom stereocenters. The van der Waals surface area contributed by atoms with Crippen LogP contribution < -0.4 is 10.6 Å². The molecule has 0 aliphatic carbocycles. The van der Waals surface area contributed by atoms with E-state index < -0.39 is 6.09 Å². The van der Waals surface area contributed by atoms with Crippen molar-refractivity contribution in [3.05, 3.63) is 30.1 Å². The predicted octanol–water partition coefficient (Wildman–Crippen LogP) is 1.75. The fourth-order valence-corrected chi connectivity index (χ4v) is 1.83. The van der Waals surface area contributed by atoms with Crippen molar-refractivity contribution in [2.45, 2.75) is 19.1 Å². The minimum Gasteiger partial charge on any atom is -0.446 e. The van der Waals surface area contributed by atoms with E-state index in [1.54, 1.807) is 0 Å². The summed E-state index contributed by atoms with van der Waals surface area (Å²) in [4.78, 5) is 11.5. The summed E-state index contributed by atoms with van der Waals surface area (Å²) >= 11 is 0. The average Bonchev–Trinajstić information content (AvgIpc) is 2.39. The molecule has 6 heteroatoms. The number of carbonyl (C=O) groups is 1. The fourth-order valence-electron chi connectivity index (χ4n) is 1.83. The van der Waals surface area contributed by atoms with E-state index in [9.17, 15) is 9.18 Å². The molecule has 0 saturated carbocycles. The molecular formula is C13H17FN2O3. The van der Waals surface area contributed by atoms with Crippen molar-refractivity contribution in [2.75, 3.05) is 25.0 Å². The second-order valence-electron chi connectivity index (χ2n) is 4.46. The minimum atomic E-state index is -0.576. The lowest BCUT2D eigenvalue weighted by Gasteiger charge is -2.28. The quantitative estimate of drug-likeness (QED) is 0.877. The van der Waals surface area contributed by atoms with E-state index >= 15 is 0 Å². The highest BCUT2D eigenvalue weighted by molar-refractivity contribution is 5.84. The molecule has 2 rings (SSSR count). The van der Waals surface area contributed by atoms with E-state index in [1.807, 2.05) is 6.92 Å². The van der Waals surface area contributed by atoms with Gasteiger partial charge in [0.15, 0.2) is 0 Å². The highest BCUT2D eigenvalue weighted by atomic mass is 19.1. The molecule has 1 aliphatic rings. The van der Waals surface area contributed by atoms with E-state index in [0.717, 1.165) is 6.54 Å². The van der Waals surface area contributed by atoms with Crippen LogP contribution in [-0.2, 0) is 9.47 Å². The van der Waals surface area contributed by atoms with E-state index in [0.29, 0.717) is 12.2 Å². The van der Waals surface area contributed by atoms with Crippen molar-refractivity contribution in [2.24, 2.45) is 0 Å². The Balaban J connectivity index is 1.73. The first-order valence-corrected chi connectivity index (χ1v) is 6.19. The predicted molar refractivity (Wildman–Crippen MR) is 68.6 cm³/mol. The molecule has 104 valence electrons. The lowest BCUT2D eigenvalue weighted by Crippen LogP contribution is -2.45. The van der Waals surface area contributed by atoms with Gasteiger partial charge in [-0.15, -0.1) is 0 Å². The zero-order chi connectivity index (χ0) is 13.7. The van der Waals surface area contributed by atoms with Gasteiger partial charge in [0.25, 0.3) is 0 Å². The zero-order valence-electron chi connectivity index (χ0n) is 10.7. The normalized spacial score (nSPS) is 22.8. The molecule has 1 fully saturated rings. The molecule has 2 unspecified atom stereocenters. The van der Waals surface area contributed by atoms with Crippen molar-refractivity contribution < 1.29 is 18.7 Å². The molecule has 1 heterocycles. The molecule has 0 bridgehead atoms. The Bertz CT molecular complexity index is 424. The Hall–Kier alpha value is -1.66. The number of morpholine rings is 1. The van der Waals surface area contributed by atoms with Crippen LogP contribution >= 0.6 is 0 Å². The lowest BCUT2D eigenvalue weighted by atomic mass is 10.2. The molecule has 0 aromatic heterocycles. The molecule has 1 aliphatic heterocycles. The Morgan fingerprint density at radius 3 is 2.89 bits per heavy atom. The summed E-state index contributed by atoms with van der Waals surface area (Å²) in [6.07, 6.45) is -0.598. The van der Waals surface area contributed by atoms with Gasteiger partial charge in [0.2, 0.25) is 0 Å². The van der Waals surface area contributed by atoms with Gasteiger partial charge < -0.3 is 14.8 Å². The van der Waals surface area contributed by atoms with Crippen molar-refractivity contribution in [3.8, 4) is 0 Å². The number of halogens is 1. The smallest absolute Gasteiger partial charge is 0.411 e. The van der Waals surface area contributed by atoms with Crippen LogP contribution in [0.2, 0.25) is 0 Å². The maximum Gasteiger partial charge on any atom is 0.411 e. The summed E-state index contributed by atoms with van der Waals surface area (Å²) in [7, 11) is 0. The van der Waals surface area contributed by atoms with E-state index in [-0.39, 0.29) is 24.6 Å². The van der Waals surface area contributed by atoms with Crippen LogP contribution in [0.3, 0.4) is 0 Å². The van der Waals surface area contributed by atoms with Crippen molar-refractivity contribution >= 4 is 11.8 Å². The second kappa shape index (κ2) is 6.49. The molecule has 5 nitrogen and oxygen atoms in total. The number of amides is 1. The number of rotatable bonds is 3. The molecule has 19 heavy (non-hydrogen) atoms. The van der Waals surface area contributed by atoms with Gasteiger partial charge in [-0.1, -0.05) is 0 Å². The Morgan fingerprint density at radius 2 is 2.21 bits per heavy atom. The van der Waals surface area contributed by atoms with Crippen LogP contribution in [0.15, 0.2) is 24.3 Å². The van der Waals surface area contributed by atoms with Gasteiger partial charge >= 0.3 is 6.09 Å². The van der Waals surface area contributed by atoms with Gasteiger partial charge in [0, 0.05) is 18.8 Å². The third-order valence-corrected chi connectivity index (χ3v) is 2.72. The first kappa shape index (κ1) is 13.8. The number of nitrogens with one attached hydrogen (secondary N) is 2. The first-order valence-electron chi connectivity index (χ1n) is 6.19. The van der Waals surface area contributed by atoms with Crippen LogP contribution in [0.5, 0.6) is 0 Å². The summed E-state index contributed by atoms with van der Waals surface area (Å²) in [5, 5.41) is 5.70. The summed E-state index contributed by atoms with van der Waals surface area (Å²) in [5.41, 5.74) is 0.488. The van der Waals surface area contributed by atoms with Crippen LogP contribution in [0.4, 0.5) is 14.9 Å². The SMILES string of the molecule is CC1CNCC(COC(=O)Nc2ccc(F)cc2)O1. The number of carbonyl (C=O) groups excluding carboxylic acids is 1. The Labute approximate surface area is 111 Å². The third-order valence-electron chi connectivity index (χ3n) is 2.72. The molecule has 1 aromatic carbocycles. The number of benzene rings is 1. The number of hydrogen-bond acceptors (Lipinski definition) is 4. The van der Waals surface area contributed by atoms with Crippen LogP contribution in [0, 0.1) is 5.82 Å². The number of ether oxygens (including phenoxy) is 2. The van der Waals surface area contributed by atoms with Gasteiger partial charge in [-0.05, 0) is 31.2 Å². The van der Waals surface area contributed by atoms with Gasteiger partial charge in [-0.25, -0.2) is 9.18 Å². The largest absolute Gasteiger partial charge is 0.446 e. The Morgan fingerprint density at radius 1 is 1.47 bits per heavy atom. The zero-order valence-corrected chi connectivity index (χ0v) is 10.7. The van der Waals surface area contributed by atoms with E-state index in [1.165, 1.54) is 24.3 Å². The fraction of sp³-hybridized carbons (Fsp3) is 0.462.